The highest BCUT2D eigenvalue weighted by Crippen LogP contribution is 2.29. The van der Waals surface area contributed by atoms with Crippen LogP contribution >= 0.6 is 0 Å². The fourth-order valence-corrected chi connectivity index (χ4v) is 2.24. The highest BCUT2D eigenvalue weighted by molar-refractivity contribution is 5.41. The fourth-order valence-electron chi connectivity index (χ4n) is 2.24. The van der Waals surface area contributed by atoms with E-state index >= 15 is 0 Å². The van der Waals surface area contributed by atoms with Crippen molar-refractivity contribution in [3.63, 3.8) is 0 Å². The molecule has 1 fully saturated rings. The fraction of sp³-hybridized carbons (Fsp3) is 0.571. The summed E-state index contributed by atoms with van der Waals surface area (Å²) in [7, 11) is 0. The molecule has 1 saturated carbocycles. The van der Waals surface area contributed by atoms with Gasteiger partial charge in [-0.05, 0) is 43.5 Å². The zero-order valence-electron chi connectivity index (χ0n) is 10.5. The number of nitrogens with zero attached hydrogens (tertiary/aromatic N) is 1. The predicted octanol–water partition coefficient (Wildman–Crippen LogP) is 2.18. The first kappa shape index (κ1) is 12.4. The molecule has 0 spiro atoms. The molecule has 0 heterocycles. The smallest absolute Gasteiger partial charge is 0.0917 e. The lowest BCUT2D eigenvalue weighted by Crippen LogP contribution is -2.31. The summed E-state index contributed by atoms with van der Waals surface area (Å²) in [5, 5.41) is 10.2. The quantitative estimate of drug-likeness (QED) is 0.742. The molecule has 2 rings (SSSR count). The summed E-state index contributed by atoms with van der Waals surface area (Å²) in [6.45, 7) is 3.98. The Balaban J connectivity index is 1.96. The van der Waals surface area contributed by atoms with Crippen LogP contribution in [0.25, 0.3) is 0 Å². The highest BCUT2D eigenvalue weighted by atomic mass is 16.3. The molecule has 0 aromatic heterocycles. The Hall–Kier alpha value is -1.06. The third kappa shape index (κ3) is 3.45. The van der Waals surface area contributed by atoms with Crippen LogP contribution in [0, 0.1) is 0 Å². The maximum atomic E-state index is 10.2. The molecule has 3 heteroatoms. The third-order valence-corrected chi connectivity index (χ3v) is 3.28. The van der Waals surface area contributed by atoms with Crippen molar-refractivity contribution < 1.29 is 5.11 Å². The lowest BCUT2D eigenvalue weighted by molar-refractivity contribution is 0.108. The van der Waals surface area contributed by atoms with E-state index in [1.165, 1.54) is 12.8 Å². The van der Waals surface area contributed by atoms with Gasteiger partial charge in [0.05, 0.1) is 6.10 Å². The summed E-state index contributed by atoms with van der Waals surface area (Å²) in [5.74, 6) is 0. The Morgan fingerprint density at radius 2 is 2.24 bits per heavy atom. The van der Waals surface area contributed by atoms with Crippen molar-refractivity contribution in [2.45, 2.75) is 38.3 Å². The normalized spacial score (nSPS) is 17.4. The van der Waals surface area contributed by atoms with E-state index in [2.05, 4.69) is 11.8 Å². The van der Waals surface area contributed by atoms with Gasteiger partial charge in [-0.1, -0.05) is 19.1 Å². The van der Waals surface area contributed by atoms with Gasteiger partial charge in [0.2, 0.25) is 0 Å². The summed E-state index contributed by atoms with van der Waals surface area (Å²) < 4.78 is 0. The van der Waals surface area contributed by atoms with Crippen LogP contribution in [0.4, 0.5) is 5.69 Å². The maximum Gasteiger partial charge on any atom is 0.0917 e. The van der Waals surface area contributed by atoms with Crippen LogP contribution in [0.15, 0.2) is 24.3 Å². The van der Waals surface area contributed by atoms with Crippen LogP contribution in [0.3, 0.4) is 0 Å². The molecular formula is C14H22N2O. The minimum Gasteiger partial charge on any atom is -0.399 e. The molecule has 0 bridgehead atoms. The number of nitrogen functional groups attached to an aromatic ring is 1. The summed E-state index contributed by atoms with van der Waals surface area (Å²) >= 11 is 0. The lowest BCUT2D eigenvalue weighted by Gasteiger charge is -2.24. The number of rotatable bonds is 6. The number of hydrogen-bond donors (Lipinski definition) is 2. The Bertz CT molecular complexity index is 363. The molecular weight excluding hydrogens is 212 g/mol. The van der Waals surface area contributed by atoms with Crippen LogP contribution in [-0.2, 0) is 0 Å². The van der Waals surface area contributed by atoms with Crippen molar-refractivity contribution in [1.82, 2.24) is 4.90 Å². The van der Waals surface area contributed by atoms with Gasteiger partial charge in [0.15, 0.2) is 0 Å². The molecule has 1 atom stereocenters. The SMILES string of the molecule is CCCN(CC(O)c1cccc(N)c1)C1CC1. The first-order chi connectivity index (χ1) is 8.20. The molecule has 94 valence electrons. The lowest BCUT2D eigenvalue weighted by atomic mass is 10.1. The highest BCUT2D eigenvalue weighted by Gasteiger charge is 2.29. The Morgan fingerprint density at radius 3 is 2.82 bits per heavy atom. The molecule has 1 aromatic carbocycles. The van der Waals surface area contributed by atoms with E-state index in [9.17, 15) is 5.11 Å². The van der Waals surface area contributed by atoms with Gasteiger partial charge in [0, 0.05) is 18.3 Å². The zero-order valence-corrected chi connectivity index (χ0v) is 10.5. The minimum absolute atomic E-state index is 0.425. The molecule has 3 N–H and O–H groups in total. The van der Waals surface area contributed by atoms with Crippen LogP contribution < -0.4 is 5.73 Å². The Morgan fingerprint density at radius 1 is 1.47 bits per heavy atom. The van der Waals surface area contributed by atoms with E-state index < -0.39 is 6.10 Å². The second-order valence-electron chi connectivity index (χ2n) is 4.91. The molecule has 17 heavy (non-hydrogen) atoms. The molecule has 0 amide bonds. The average molecular weight is 234 g/mol. The molecule has 1 aromatic rings. The first-order valence-electron chi connectivity index (χ1n) is 6.48. The van der Waals surface area contributed by atoms with E-state index in [0.717, 1.165) is 30.8 Å². The van der Waals surface area contributed by atoms with Crippen LogP contribution in [0.5, 0.6) is 0 Å². The topological polar surface area (TPSA) is 49.5 Å². The monoisotopic (exact) mass is 234 g/mol. The van der Waals surface area contributed by atoms with E-state index in [4.69, 9.17) is 5.73 Å². The molecule has 1 aliphatic rings. The number of hydrogen-bond acceptors (Lipinski definition) is 3. The van der Waals surface area contributed by atoms with Crippen molar-refractivity contribution in [1.29, 1.82) is 0 Å². The van der Waals surface area contributed by atoms with Gasteiger partial charge in [-0.15, -0.1) is 0 Å². The second-order valence-corrected chi connectivity index (χ2v) is 4.91. The number of aliphatic hydroxyl groups excluding tert-OH is 1. The second kappa shape index (κ2) is 5.52. The molecule has 1 aliphatic carbocycles. The molecule has 3 nitrogen and oxygen atoms in total. The number of nitrogens with two attached hydrogens (primary N) is 1. The number of benzene rings is 1. The molecule has 0 radical (unpaired) electrons. The van der Waals surface area contributed by atoms with Gasteiger partial charge in [-0.3, -0.25) is 4.90 Å². The van der Waals surface area contributed by atoms with Crippen molar-refractivity contribution in [3.05, 3.63) is 29.8 Å². The molecule has 0 aliphatic heterocycles. The van der Waals surface area contributed by atoms with Crippen molar-refractivity contribution in [3.8, 4) is 0 Å². The Kier molecular flexibility index (Phi) is 4.02. The largest absolute Gasteiger partial charge is 0.399 e. The van der Waals surface area contributed by atoms with Gasteiger partial charge in [-0.25, -0.2) is 0 Å². The first-order valence-corrected chi connectivity index (χ1v) is 6.48. The van der Waals surface area contributed by atoms with E-state index in [-0.39, 0.29) is 0 Å². The summed E-state index contributed by atoms with van der Waals surface area (Å²) in [6, 6.07) is 8.25. The van der Waals surface area contributed by atoms with E-state index in [1.807, 2.05) is 24.3 Å². The van der Waals surface area contributed by atoms with Crippen LogP contribution in [-0.4, -0.2) is 29.1 Å². The zero-order chi connectivity index (χ0) is 12.3. The Labute approximate surface area is 103 Å². The number of anilines is 1. The number of aliphatic hydroxyl groups is 1. The predicted molar refractivity (Wildman–Crippen MR) is 70.7 cm³/mol. The van der Waals surface area contributed by atoms with E-state index in [1.54, 1.807) is 0 Å². The average Bonchev–Trinajstić information content (AvgIpc) is 3.12. The van der Waals surface area contributed by atoms with Gasteiger partial charge in [0.25, 0.3) is 0 Å². The third-order valence-electron chi connectivity index (χ3n) is 3.28. The van der Waals surface area contributed by atoms with Gasteiger partial charge in [-0.2, -0.15) is 0 Å². The van der Waals surface area contributed by atoms with Crippen molar-refractivity contribution >= 4 is 5.69 Å². The summed E-state index contributed by atoms with van der Waals surface area (Å²) in [6.07, 6.45) is 3.28. The van der Waals surface area contributed by atoms with Gasteiger partial charge in [0.1, 0.15) is 0 Å². The standard InChI is InChI=1S/C14H22N2O/c1-2-8-16(13-6-7-13)10-14(17)11-4-3-5-12(15)9-11/h3-5,9,13-14,17H,2,6-8,10,15H2,1H3. The van der Waals surface area contributed by atoms with Gasteiger partial charge >= 0.3 is 0 Å². The molecule has 0 saturated heterocycles. The minimum atomic E-state index is -0.425. The maximum absolute atomic E-state index is 10.2. The van der Waals surface area contributed by atoms with Crippen LogP contribution in [0.2, 0.25) is 0 Å². The summed E-state index contributed by atoms with van der Waals surface area (Å²) in [5.41, 5.74) is 7.37. The molecule has 1 unspecified atom stereocenters. The van der Waals surface area contributed by atoms with Gasteiger partial charge < -0.3 is 10.8 Å². The van der Waals surface area contributed by atoms with Crippen molar-refractivity contribution in [2.24, 2.45) is 0 Å². The van der Waals surface area contributed by atoms with E-state index in [0.29, 0.717) is 6.04 Å². The van der Waals surface area contributed by atoms with Crippen LogP contribution in [0.1, 0.15) is 37.9 Å². The van der Waals surface area contributed by atoms with Crippen molar-refractivity contribution in [2.75, 3.05) is 18.8 Å². The summed E-state index contributed by atoms with van der Waals surface area (Å²) in [4.78, 5) is 2.40.